The van der Waals surface area contributed by atoms with Gasteiger partial charge in [0.15, 0.2) is 0 Å². The van der Waals surface area contributed by atoms with Crippen molar-refractivity contribution in [2.75, 3.05) is 18.4 Å². The fourth-order valence-electron chi connectivity index (χ4n) is 3.81. The number of benzene rings is 3. The highest BCUT2D eigenvalue weighted by atomic mass is 35.5. The molecule has 6 heteroatoms. The number of amides is 2. The van der Waals surface area contributed by atoms with Crippen LogP contribution in [0.3, 0.4) is 0 Å². The molecule has 2 amide bonds. The van der Waals surface area contributed by atoms with Gasteiger partial charge in [-0.1, -0.05) is 54.1 Å². The molecule has 0 aliphatic carbocycles. The molecule has 1 aliphatic rings. The van der Waals surface area contributed by atoms with E-state index in [4.69, 9.17) is 11.6 Å². The normalized spacial score (nSPS) is 16.2. The zero-order valence-electron chi connectivity index (χ0n) is 15.2. The van der Waals surface area contributed by atoms with Gasteiger partial charge < -0.3 is 15.3 Å². The lowest BCUT2D eigenvalue weighted by molar-refractivity contribution is -0.0144. The summed E-state index contributed by atoms with van der Waals surface area (Å²) in [4.78, 5) is 14.1. The zero-order valence-corrected chi connectivity index (χ0v) is 15.9. The van der Waals surface area contributed by atoms with Crippen molar-refractivity contribution in [3.8, 4) is 0 Å². The maximum absolute atomic E-state index is 13.5. The molecule has 2 N–H and O–H groups in total. The molecule has 28 heavy (non-hydrogen) atoms. The van der Waals surface area contributed by atoms with Crippen LogP contribution in [0, 0.1) is 5.82 Å². The van der Waals surface area contributed by atoms with Crippen molar-refractivity contribution in [3.63, 3.8) is 0 Å². The van der Waals surface area contributed by atoms with E-state index in [2.05, 4.69) is 5.32 Å². The molecule has 0 aromatic heterocycles. The van der Waals surface area contributed by atoms with Gasteiger partial charge in [0.25, 0.3) is 0 Å². The Morgan fingerprint density at radius 1 is 1.07 bits per heavy atom. The first kappa shape index (κ1) is 18.7. The van der Waals surface area contributed by atoms with Crippen molar-refractivity contribution in [2.24, 2.45) is 0 Å². The average Bonchev–Trinajstić information content (AvgIpc) is 2.67. The number of piperidine rings is 1. The predicted octanol–water partition coefficient (Wildman–Crippen LogP) is 5.15. The molecular formula is C22H20ClFN2O2. The molecule has 0 atom stereocenters. The summed E-state index contributed by atoms with van der Waals surface area (Å²) >= 11 is 5.83. The second-order valence-corrected chi connectivity index (χ2v) is 7.57. The summed E-state index contributed by atoms with van der Waals surface area (Å²) < 4.78 is 13.5. The van der Waals surface area contributed by atoms with E-state index in [1.165, 1.54) is 18.2 Å². The molecule has 0 saturated carbocycles. The van der Waals surface area contributed by atoms with Gasteiger partial charge in [-0.25, -0.2) is 9.18 Å². The van der Waals surface area contributed by atoms with Gasteiger partial charge in [0.2, 0.25) is 0 Å². The fraction of sp³-hybridized carbons (Fsp3) is 0.227. The second-order valence-electron chi connectivity index (χ2n) is 7.13. The molecule has 1 fully saturated rings. The average molecular weight is 399 g/mol. The minimum Gasteiger partial charge on any atom is -0.385 e. The first-order valence-corrected chi connectivity index (χ1v) is 9.55. The third-order valence-electron chi connectivity index (χ3n) is 5.28. The monoisotopic (exact) mass is 398 g/mol. The number of fused-ring (bicyclic) bond motifs is 1. The largest absolute Gasteiger partial charge is 0.385 e. The first-order chi connectivity index (χ1) is 13.4. The number of urea groups is 1. The van der Waals surface area contributed by atoms with Crippen molar-refractivity contribution in [3.05, 3.63) is 77.1 Å². The number of halogens is 2. The van der Waals surface area contributed by atoms with E-state index in [-0.39, 0.29) is 11.1 Å². The van der Waals surface area contributed by atoms with Crippen molar-refractivity contribution in [1.29, 1.82) is 0 Å². The maximum Gasteiger partial charge on any atom is 0.321 e. The molecule has 1 aliphatic heterocycles. The third kappa shape index (κ3) is 3.68. The number of hydrogen-bond acceptors (Lipinski definition) is 2. The van der Waals surface area contributed by atoms with Crippen LogP contribution in [0.4, 0.5) is 14.9 Å². The van der Waals surface area contributed by atoms with Gasteiger partial charge in [-0.3, -0.25) is 0 Å². The fourth-order valence-corrected chi connectivity index (χ4v) is 4.03. The quantitative estimate of drug-likeness (QED) is 0.627. The third-order valence-corrected chi connectivity index (χ3v) is 5.50. The Bertz CT molecular complexity index is 1010. The summed E-state index contributed by atoms with van der Waals surface area (Å²) in [5.74, 6) is -0.508. The number of carbonyl (C=O) groups excluding carboxylic acids is 1. The zero-order chi connectivity index (χ0) is 19.7. The lowest BCUT2D eigenvalue weighted by atomic mass is 9.82. The van der Waals surface area contributed by atoms with E-state index >= 15 is 0 Å². The number of hydrogen-bond donors (Lipinski definition) is 2. The number of nitrogens with one attached hydrogen (secondary N) is 1. The van der Waals surface area contributed by atoms with Crippen LogP contribution >= 0.6 is 11.6 Å². The molecule has 0 spiro atoms. The predicted molar refractivity (Wildman–Crippen MR) is 109 cm³/mol. The number of aliphatic hydroxyl groups is 1. The highest BCUT2D eigenvalue weighted by Gasteiger charge is 2.36. The van der Waals surface area contributed by atoms with Crippen LogP contribution < -0.4 is 5.32 Å². The maximum atomic E-state index is 13.5. The van der Waals surface area contributed by atoms with Crippen LogP contribution in [0.2, 0.25) is 5.02 Å². The number of likely N-dealkylation sites (tertiary alicyclic amines) is 1. The molecular weight excluding hydrogens is 379 g/mol. The van der Waals surface area contributed by atoms with E-state index in [0.29, 0.717) is 31.6 Å². The molecule has 4 nitrogen and oxygen atoms in total. The molecule has 4 rings (SSSR count). The van der Waals surface area contributed by atoms with E-state index < -0.39 is 11.4 Å². The van der Waals surface area contributed by atoms with Gasteiger partial charge in [-0.2, -0.15) is 0 Å². The van der Waals surface area contributed by atoms with E-state index in [1.807, 2.05) is 42.5 Å². The standard InChI is InChI=1S/C22H20ClFN2O2/c23-16-12-17(24)14-18(13-16)25-21(27)26-10-8-22(28,9-11-26)20-7-3-5-15-4-1-2-6-19(15)20/h1-7,12-14,28H,8-11H2,(H,25,27). The molecule has 1 saturated heterocycles. The molecule has 0 unspecified atom stereocenters. The summed E-state index contributed by atoms with van der Waals surface area (Å²) in [6.45, 7) is 0.795. The van der Waals surface area contributed by atoms with E-state index in [1.54, 1.807) is 4.90 Å². The van der Waals surface area contributed by atoms with Gasteiger partial charge in [-0.05, 0) is 47.4 Å². The van der Waals surface area contributed by atoms with Crippen LogP contribution in [0.25, 0.3) is 10.8 Å². The first-order valence-electron chi connectivity index (χ1n) is 9.17. The second kappa shape index (κ2) is 7.41. The minimum atomic E-state index is -0.986. The summed E-state index contributed by atoms with van der Waals surface area (Å²) in [6.07, 6.45) is 0.858. The van der Waals surface area contributed by atoms with Crippen LogP contribution in [-0.2, 0) is 5.60 Å². The number of rotatable bonds is 2. The van der Waals surface area contributed by atoms with Gasteiger partial charge in [-0.15, -0.1) is 0 Å². The summed E-state index contributed by atoms with van der Waals surface area (Å²) in [7, 11) is 0. The van der Waals surface area contributed by atoms with Gasteiger partial charge >= 0.3 is 6.03 Å². The molecule has 144 valence electrons. The van der Waals surface area contributed by atoms with Crippen molar-refractivity contribution in [1.82, 2.24) is 4.90 Å². The van der Waals surface area contributed by atoms with Crippen molar-refractivity contribution >= 4 is 34.1 Å². The van der Waals surface area contributed by atoms with Crippen LogP contribution in [0.5, 0.6) is 0 Å². The SMILES string of the molecule is O=C(Nc1cc(F)cc(Cl)c1)N1CCC(O)(c2cccc3ccccc23)CC1. The highest BCUT2D eigenvalue weighted by Crippen LogP contribution is 2.37. The Balaban J connectivity index is 1.48. The molecule has 3 aromatic rings. The van der Waals surface area contributed by atoms with E-state index in [9.17, 15) is 14.3 Å². The highest BCUT2D eigenvalue weighted by molar-refractivity contribution is 6.30. The number of carbonyl (C=O) groups is 1. The lowest BCUT2D eigenvalue weighted by Gasteiger charge is -2.39. The minimum absolute atomic E-state index is 0.222. The Morgan fingerprint density at radius 3 is 2.54 bits per heavy atom. The lowest BCUT2D eigenvalue weighted by Crippen LogP contribution is -2.46. The topological polar surface area (TPSA) is 52.6 Å². The molecule has 0 radical (unpaired) electrons. The molecule has 1 heterocycles. The van der Waals surface area contributed by atoms with Crippen LogP contribution in [0.15, 0.2) is 60.7 Å². The summed E-state index contributed by atoms with van der Waals surface area (Å²) in [6, 6.07) is 17.5. The molecule has 3 aromatic carbocycles. The van der Waals surface area contributed by atoms with Crippen LogP contribution in [-0.4, -0.2) is 29.1 Å². The van der Waals surface area contributed by atoms with Crippen molar-refractivity contribution < 1.29 is 14.3 Å². The Morgan fingerprint density at radius 2 is 1.79 bits per heavy atom. The Labute approximate surface area is 167 Å². The van der Waals surface area contributed by atoms with Gasteiger partial charge in [0.1, 0.15) is 5.82 Å². The van der Waals surface area contributed by atoms with Gasteiger partial charge in [0, 0.05) is 23.8 Å². The number of anilines is 1. The number of nitrogens with zero attached hydrogens (tertiary/aromatic N) is 1. The van der Waals surface area contributed by atoms with Crippen LogP contribution in [0.1, 0.15) is 18.4 Å². The smallest absolute Gasteiger partial charge is 0.321 e. The Kier molecular flexibility index (Phi) is 4.96. The summed E-state index contributed by atoms with van der Waals surface area (Å²) in [5.41, 5.74) is 0.215. The van der Waals surface area contributed by atoms with Gasteiger partial charge in [0.05, 0.1) is 5.60 Å². The van der Waals surface area contributed by atoms with Crippen molar-refractivity contribution in [2.45, 2.75) is 18.4 Å². The molecule has 0 bridgehead atoms. The Hall–Kier alpha value is -2.63. The summed E-state index contributed by atoms with van der Waals surface area (Å²) in [5, 5.41) is 16.3. The van der Waals surface area contributed by atoms with E-state index in [0.717, 1.165) is 16.3 Å².